The number of aromatic nitrogens is 3. The van der Waals surface area contributed by atoms with E-state index >= 15 is 0 Å². The lowest BCUT2D eigenvalue weighted by molar-refractivity contribution is -0.131. The van der Waals surface area contributed by atoms with Crippen molar-refractivity contribution in [1.82, 2.24) is 19.7 Å². The molecule has 0 bridgehead atoms. The number of hydrogen-bond acceptors (Lipinski definition) is 4. The average molecular weight is 225 g/mol. The van der Waals surface area contributed by atoms with E-state index in [0.717, 1.165) is 0 Å². The van der Waals surface area contributed by atoms with Crippen molar-refractivity contribution >= 4 is 5.91 Å². The zero-order chi connectivity index (χ0) is 11.7. The van der Waals surface area contributed by atoms with E-state index in [1.54, 1.807) is 4.90 Å². The topological polar surface area (TPSA) is 97.0 Å². The zero-order valence-electron chi connectivity index (χ0n) is 9.09. The van der Waals surface area contributed by atoms with Crippen molar-refractivity contribution in [3.05, 3.63) is 16.8 Å². The van der Waals surface area contributed by atoms with Crippen LogP contribution in [0.5, 0.6) is 0 Å². The molecule has 3 N–H and O–H groups in total. The number of aromatic amines is 1. The van der Waals surface area contributed by atoms with E-state index in [4.69, 9.17) is 5.73 Å². The maximum Gasteiger partial charge on any atom is 0.343 e. The van der Waals surface area contributed by atoms with E-state index in [1.807, 2.05) is 6.92 Å². The second-order valence-electron chi connectivity index (χ2n) is 4.23. The molecule has 1 aliphatic rings. The summed E-state index contributed by atoms with van der Waals surface area (Å²) < 4.78 is 1.25. The molecule has 88 valence electrons. The predicted molar refractivity (Wildman–Crippen MR) is 56.6 cm³/mol. The van der Waals surface area contributed by atoms with Gasteiger partial charge in [-0.3, -0.25) is 9.36 Å². The lowest BCUT2D eigenvalue weighted by atomic mass is 10.1. The van der Waals surface area contributed by atoms with Gasteiger partial charge in [0.25, 0.3) is 0 Å². The maximum absolute atomic E-state index is 11.8. The van der Waals surface area contributed by atoms with E-state index in [0.29, 0.717) is 19.0 Å². The molecule has 1 aliphatic heterocycles. The third-order valence-electron chi connectivity index (χ3n) is 2.95. The van der Waals surface area contributed by atoms with Crippen LogP contribution in [0, 0.1) is 5.92 Å². The van der Waals surface area contributed by atoms with Gasteiger partial charge in [0, 0.05) is 19.1 Å². The highest BCUT2D eigenvalue weighted by Crippen LogP contribution is 2.14. The largest absolute Gasteiger partial charge is 0.343 e. The third kappa shape index (κ3) is 1.99. The Hall–Kier alpha value is -1.63. The van der Waals surface area contributed by atoms with Gasteiger partial charge in [0.15, 0.2) is 0 Å². The van der Waals surface area contributed by atoms with Crippen molar-refractivity contribution in [1.29, 1.82) is 0 Å². The molecule has 1 saturated heterocycles. The highest BCUT2D eigenvalue weighted by Gasteiger charge is 2.29. The lowest BCUT2D eigenvalue weighted by Crippen LogP contribution is -2.36. The van der Waals surface area contributed by atoms with Gasteiger partial charge in [-0.2, -0.15) is 5.10 Å². The molecule has 2 unspecified atom stereocenters. The SMILES string of the molecule is CC1CN(C(=O)Cn2cn[nH]c2=O)CC1N. The molecule has 0 aliphatic carbocycles. The number of nitrogens with zero attached hydrogens (tertiary/aromatic N) is 3. The van der Waals surface area contributed by atoms with Crippen LogP contribution in [0.15, 0.2) is 11.1 Å². The van der Waals surface area contributed by atoms with Gasteiger partial charge >= 0.3 is 5.69 Å². The molecule has 7 heteroatoms. The molecule has 0 aromatic carbocycles. The number of rotatable bonds is 2. The summed E-state index contributed by atoms with van der Waals surface area (Å²) in [6, 6.07) is 0.0324. The van der Waals surface area contributed by atoms with Gasteiger partial charge in [0.1, 0.15) is 12.9 Å². The molecule has 2 atom stereocenters. The Labute approximate surface area is 92.2 Å². The van der Waals surface area contributed by atoms with Crippen LogP contribution in [0.25, 0.3) is 0 Å². The minimum Gasteiger partial charge on any atom is -0.339 e. The van der Waals surface area contributed by atoms with Gasteiger partial charge in [-0.1, -0.05) is 6.92 Å². The van der Waals surface area contributed by atoms with Gasteiger partial charge in [0.2, 0.25) is 5.91 Å². The van der Waals surface area contributed by atoms with Crippen LogP contribution in [0.1, 0.15) is 6.92 Å². The fourth-order valence-corrected chi connectivity index (χ4v) is 1.82. The molecule has 2 heterocycles. The van der Waals surface area contributed by atoms with Crippen LogP contribution >= 0.6 is 0 Å². The molecule has 7 nitrogen and oxygen atoms in total. The van der Waals surface area contributed by atoms with Gasteiger partial charge < -0.3 is 10.6 Å². The number of nitrogens with two attached hydrogens (primary N) is 1. The summed E-state index contributed by atoms with van der Waals surface area (Å²) in [5.74, 6) is 0.216. The van der Waals surface area contributed by atoms with Gasteiger partial charge in [-0.05, 0) is 5.92 Å². The summed E-state index contributed by atoms with van der Waals surface area (Å²) in [4.78, 5) is 24.7. The fourth-order valence-electron chi connectivity index (χ4n) is 1.82. The zero-order valence-corrected chi connectivity index (χ0v) is 9.09. The molecule has 1 aromatic heterocycles. The van der Waals surface area contributed by atoms with Crippen molar-refractivity contribution in [3.8, 4) is 0 Å². The Bertz CT molecular complexity index is 427. The second-order valence-corrected chi connectivity index (χ2v) is 4.23. The van der Waals surface area contributed by atoms with Crippen molar-refractivity contribution in [2.45, 2.75) is 19.5 Å². The number of carbonyl (C=O) groups excluding carboxylic acids is 1. The summed E-state index contributed by atoms with van der Waals surface area (Å²) in [7, 11) is 0. The van der Waals surface area contributed by atoms with Crippen LogP contribution < -0.4 is 11.4 Å². The normalized spacial score (nSPS) is 25.0. The fraction of sp³-hybridized carbons (Fsp3) is 0.667. The van der Waals surface area contributed by atoms with Crippen molar-refractivity contribution in [2.24, 2.45) is 11.7 Å². The van der Waals surface area contributed by atoms with Crippen LogP contribution in [0.3, 0.4) is 0 Å². The van der Waals surface area contributed by atoms with E-state index in [2.05, 4.69) is 10.2 Å². The van der Waals surface area contributed by atoms with E-state index in [9.17, 15) is 9.59 Å². The number of H-pyrrole nitrogens is 1. The molecule has 1 fully saturated rings. The monoisotopic (exact) mass is 225 g/mol. The number of hydrogen-bond donors (Lipinski definition) is 2. The first-order valence-corrected chi connectivity index (χ1v) is 5.21. The third-order valence-corrected chi connectivity index (χ3v) is 2.95. The Kier molecular flexibility index (Phi) is 2.78. The van der Waals surface area contributed by atoms with Crippen molar-refractivity contribution in [2.75, 3.05) is 13.1 Å². The van der Waals surface area contributed by atoms with Gasteiger partial charge in [0.05, 0.1) is 0 Å². The van der Waals surface area contributed by atoms with E-state index in [1.165, 1.54) is 10.9 Å². The molecule has 0 saturated carbocycles. The minimum atomic E-state index is -0.370. The predicted octanol–water partition coefficient (Wildman–Crippen LogP) is -1.62. The Morgan fingerprint density at radius 3 is 2.94 bits per heavy atom. The summed E-state index contributed by atoms with van der Waals surface area (Å²) >= 11 is 0. The number of amides is 1. The average Bonchev–Trinajstić information content (AvgIpc) is 2.76. The van der Waals surface area contributed by atoms with Crippen molar-refractivity contribution in [3.63, 3.8) is 0 Å². The van der Waals surface area contributed by atoms with Crippen molar-refractivity contribution < 1.29 is 4.79 Å². The summed E-state index contributed by atoms with van der Waals surface area (Å²) in [6.07, 6.45) is 1.32. The molecular formula is C9H15N5O2. The van der Waals surface area contributed by atoms with Gasteiger partial charge in [-0.25, -0.2) is 9.89 Å². The van der Waals surface area contributed by atoms with E-state index < -0.39 is 0 Å². The minimum absolute atomic E-state index is 0.0226. The number of likely N-dealkylation sites (tertiary alicyclic amines) is 1. The molecule has 1 amide bonds. The summed E-state index contributed by atoms with van der Waals surface area (Å²) in [5.41, 5.74) is 5.46. The van der Waals surface area contributed by atoms with Crippen LogP contribution in [0.4, 0.5) is 0 Å². The molecule has 0 radical (unpaired) electrons. The molecule has 2 rings (SSSR count). The Morgan fingerprint density at radius 1 is 1.69 bits per heavy atom. The van der Waals surface area contributed by atoms with E-state index in [-0.39, 0.29) is 24.2 Å². The van der Waals surface area contributed by atoms with Crippen LogP contribution in [-0.4, -0.2) is 44.7 Å². The summed E-state index contributed by atoms with van der Waals surface area (Å²) in [5, 5.41) is 5.81. The lowest BCUT2D eigenvalue weighted by Gasteiger charge is -2.15. The molecular weight excluding hydrogens is 210 g/mol. The van der Waals surface area contributed by atoms with Gasteiger partial charge in [-0.15, -0.1) is 0 Å². The summed E-state index contributed by atoms with van der Waals surface area (Å²) in [6.45, 7) is 3.26. The number of nitrogens with one attached hydrogen (secondary N) is 1. The molecule has 1 aromatic rings. The standard InChI is InChI=1S/C9H15N5O2/c1-6-2-13(3-7(6)10)8(15)4-14-5-11-12-9(14)16/h5-7H,2-4,10H2,1H3,(H,12,16). The Balaban J connectivity index is 2.00. The first kappa shape index (κ1) is 10.9. The Morgan fingerprint density at radius 2 is 2.44 bits per heavy atom. The highest BCUT2D eigenvalue weighted by atomic mass is 16.2. The van der Waals surface area contributed by atoms with Crippen LogP contribution in [0.2, 0.25) is 0 Å². The molecule has 16 heavy (non-hydrogen) atoms. The smallest absolute Gasteiger partial charge is 0.339 e. The first-order valence-electron chi connectivity index (χ1n) is 5.21. The quantitative estimate of drug-likeness (QED) is 0.632. The van der Waals surface area contributed by atoms with Crippen LogP contribution in [-0.2, 0) is 11.3 Å². The molecule has 0 spiro atoms. The second kappa shape index (κ2) is 4.09. The highest BCUT2D eigenvalue weighted by molar-refractivity contribution is 5.76. The maximum atomic E-state index is 11.8. The number of carbonyl (C=O) groups is 1. The first-order chi connectivity index (χ1) is 7.58.